The summed E-state index contributed by atoms with van der Waals surface area (Å²) in [6, 6.07) is 29.7. The van der Waals surface area contributed by atoms with E-state index in [1.165, 1.54) is 29.5 Å². The Morgan fingerprint density at radius 2 is 1.23 bits per heavy atom. The van der Waals surface area contributed by atoms with Gasteiger partial charge in [0.25, 0.3) is 0 Å². The molecule has 1 heterocycles. The molecule has 4 rings (SSSR count). The number of nitrogens with zero attached hydrogens (tertiary/aromatic N) is 4. The van der Waals surface area contributed by atoms with Crippen LogP contribution in [0.3, 0.4) is 0 Å². The third-order valence-electron chi connectivity index (χ3n) is 6.33. The smallest absolute Gasteiger partial charge is 0.304 e. The summed E-state index contributed by atoms with van der Waals surface area (Å²) in [6.45, 7) is 2.25. The number of carbonyl (C=O) groups is 1. The molecule has 0 aromatic heterocycles. The van der Waals surface area contributed by atoms with Crippen LogP contribution in [0.1, 0.15) is 17.2 Å². The second-order valence-corrected chi connectivity index (χ2v) is 10.8. The zero-order valence-electron chi connectivity index (χ0n) is 20.2. The van der Waals surface area contributed by atoms with Gasteiger partial charge < -0.3 is 4.90 Å². The predicted molar refractivity (Wildman–Crippen MR) is 139 cm³/mol. The first-order chi connectivity index (χ1) is 16.9. The third kappa shape index (κ3) is 5.73. The van der Waals surface area contributed by atoms with Gasteiger partial charge in [0.1, 0.15) is 6.54 Å². The highest BCUT2D eigenvalue weighted by molar-refractivity contribution is 7.90. The maximum atomic E-state index is 13.3. The number of rotatable bonds is 8. The average Bonchev–Trinajstić information content (AvgIpc) is 2.89. The molecular formula is C27H32N4O3S. The van der Waals surface area contributed by atoms with Crippen molar-refractivity contribution < 1.29 is 13.2 Å². The molecule has 1 aliphatic rings. The summed E-state index contributed by atoms with van der Waals surface area (Å²) >= 11 is 0. The van der Waals surface area contributed by atoms with Gasteiger partial charge in [-0.1, -0.05) is 78.9 Å². The molecule has 0 unspecified atom stereocenters. The molecule has 7 nitrogen and oxygen atoms in total. The standard InChI is InChI=1S/C27H32N4O3S/c1-28(2)35(33,34)31(25-16-10-5-11-17-25)22-26(32)29-18-20-30(21-19-29)27(23-12-6-3-7-13-23)24-14-8-4-9-15-24/h3-17,27H,18-22H2,1-2H3. The molecule has 184 valence electrons. The van der Waals surface area contributed by atoms with Crippen LogP contribution in [0, 0.1) is 0 Å². The van der Waals surface area contributed by atoms with Crippen molar-refractivity contribution in [2.75, 3.05) is 51.1 Å². The van der Waals surface area contributed by atoms with Crippen LogP contribution in [0.25, 0.3) is 0 Å². The lowest BCUT2D eigenvalue weighted by molar-refractivity contribution is -0.131. The summed E-state index contributed by atoms with van der Waals surface area (Å²) < 4.78 is 28.3. The van der Waals surface area contributed by atoms with Crippen molar-refractivity contribution in [3.63, 3.8) is 0 Å². The highest BCUT2D eigenvalue weighted by Gasteiger charge is 2.32. The number of anilines is 1. The lowest BCUT2D eigenvalue weighted by Gasteiger charge is -2.40. The molecule has 1 aliphatic heterocycles. The van der Waals surface area contributed by atoms with Gasteiger partial charge in [0.2, 0.25) is 5.91 Å². The minimum atomic E-state index is -3.81. The summed E-state index contributed by atoms with van der Waals surface area (Å²) in [4.78, 5) is 17.4. The maximum absolute atomic E-state index is 13.3. The second kappa shape index (κ2) is 11.0. The minimum Gasteiger partial charge on any atom is -0.339 e. The lowest BCUT2D eigenvalue weighted by atomic mass is 9.96. The van der Waals surface area contributed by atoms with E-state index in [2.05, 4.69) is 53.4 Å². The van der Waals surface area contributed by atoms with Crippen LogP contribution >= 0.6 is 0 Å². The van der Waals surface area contributed by atoms with Crippen molar-refractivity contribution in [2.24, 2.45) is 0 Å². The number of hydrogen-bond acceptors (Lipinski definition) is 4. The molecule has 1 amide bonds. The number of carbonyl (C=O) groups excluding carboxylic acids is 1. The molecule has 1 saturated heterocycles. The summed E-state index contributed by atoms with van der Waals surface area (Å²) in [7, 11) is -0.865. The van der Waals surface area contributed by atoms with Crippen LogP contribution < -0.4 is 4.31 Å². The maximum Gasteiger partial charge on any atom is 0.304 e. The van der Waals surface area contributed by atoms with E-state index < -0.39 is 10.2 Å². The summed E-state index contributed by atoms with van der Waals surface area (Å²) in [5.41, 5.74) is 2.90. The van der Waals surface area contributed by atoms with Crippen LogP contribution in [-0.4, -0.2) is 75.2 Å². The highest BCUT2D eigenvalue weighted by atomic mass is 32.2. The van der Waals surface area contributed by atoms with E-state index in [4.69, 9.17) is 0 Å². The fraction of sp³-hybridized carbons (Fsp3) is 0.296. The number of benzene rings is 3. The van der Waals surface area contributed by atoms with Gasteiger partial charge in [-0.3, -0.25) is 9.69 Å². The van der Waals surface area contributed by atoms with Gasteiger partial charge in [-0.2, -0.15) is 12.7 Å². The Kier molecular flexibility index (Phi) is 7.85. The van der Waals surface area contributed by atoms with Crippen molar-refractivity contribution in [2.45, 2.75) is 6.04 Å². The summed E-state index contributed by atoms with van der Waals surface area (Å²) in [6.07, 6.45) is 0. The summed E-state index contributed by atoms with van der Waals surface area (Å²) in [5.74, 6) is -0.199. The molecule has 0 bridgehead atoms. The van der Waals surface area contributed by atoms with E-state index >= 15 is 0 Å². The zero-order chi connectivity index (χ0) is 24.8. The Bertz CT molecular complexity index is 1160. The fourth-order valence-electron chi connectivity index (χ4n) is 4.43. The monoisotopic (exact) mass is 492 g/mol. The van der Waals surface area contributed by atoms with E-state index in [0.29, 0.717) is 31.9 Å². The summed E-state index contributed by atoms with van der Waals surface area (Å²) in [5, 5.41) is 0. The van der Waals surface area contributed by atoms with Crippen molar-refractivity contribution in [1.82, 2.24) is 14.1 Å². The van der Waals surface area contributed by atoms with Gasteiger partial charge in [-0.15, -0.1) is 0 Å². The van der Waals surface area contributed by atoms with Crippen LogP contribution in [-0.2, 0) is 15.0 Å². The molecule has 3 aromatic carbocycles. The van der Waals surface area contributed by atoms with E-state index in [1.807, 2.05) is 18.2 Å². The normalized spacial score (nSPS) is 14.9. The first-order valence-electron chi connectivity index (χ1n) is 11.7. The zero-order valence-corrected chi connectivity index (χ0v) is 21.0. The van der Waals surface area contributed by atoms with Crippen LogP contribution in [0.15, 0.2) is 91.0 Å². The van der Waals surface area contributed by atoms with E-state index in [-0.39, 0.29) is 18.5 Å². The molecular weight excluding hydrogens is 460 g/mol. The predicted octanol–water partition coefficient (Wildman–Crippen LogP) is 3.23. The Balaban J connectivity index is 1.48. The molecule has 3 aromatic rings. The highest BCUT2D eigenvalue weighted by Crippen LogP contribution is 2.29. The SMILES string of the molecule is CN(C)S(=O)(=O)N(CC(=O)N1CCN(C(c2ccccc2)c2ccccc2)CC1)c1ccccc1. The average molecular weight is 493 g/mol. The van der Waals surface area contributed by atoms with E-state index in [9.17, 15) is 13.2 Å². The fourth-order valence-corrected chi connectivity index (χ4v) is 5.49. The third-order valence-corrected chi connectivity index (χ3v) is 8.15. The number of para-hydroxylation sites is 1. The van der Waals surface area contributed by atoms with Gasteiger partial charge in [0, 0.05) is 40.3 Å². The van der Waals surface area contributed by atoms with Crippen molar-refractivity contribution in [3.05, 3.63) is 102 Å². The molecule has 35 heavy (non-hydrogen) atoms. The quantitative estimate of drug-likeness (QED) is 0.484. The molecule has 1 fully saturated rings. The Morgan fingerprint density at radius 3 is 1.69 bits per heavy atom. The minimum absolute atomic E-state index is 0.101. The van der Waals surface area contributed by atoms with Gasteiger partial charge in [-0.25, -0.2) is 4.31 Å². The van der Waals surface area contributed by atoms with Crippen molar-refractivity contribution in [1.29, 1.82) is 0 Å². The van der Waals surface area contributed by atoms with E-state index in [0.717, 1.165) is 4.31 Å². The number of amides is 1. The molecule has 8 heteroatoms. The second-order valence-electron chi connectivity index (χ2n) is 8.77. The molecule has 0 saturated carbocycles. The van der Waals surface area contributed by atoms with Crippen LogP contribution in [0.5, 0.6) is 0 Å². The van der Waals surface area contributed by atoms with Gasteiger partial charge in [-0.05, 0) is 23.3 Å². The van der Waals surface area contributed by atoms with Gasteiger partial charge >= 0.3 is 10.2 Å². The molecule has 0 N–H and O–H groups in total. The van der Waals surface area contributed by atoms with Crippen LogP contribution in [0.2, 0.25) is 0 Å². The number of piperazine rings is 1. The molecule has 0 atom stereocenters. The van der Waals surface area contributed by atoms with Crippen LogP contribution in [0.4, 0.5) is 5.69 Å². The largest absolute Gasteiger partial charge is 0.339 e. The topological polar surface area (TPSA) is 64.2 Å². The van der Waals surface area contributed by atoms with Gasteiger partial charge in [0.15, 0.2) is 0 Å². The van der Waals surface area contributed by atoms with Crippen molar-refractivity contribution in [3.8, 4) is 0 Å². The first kappa shape index (κ1) is 24.9. The first-order valence-corrected chi connectivity index (χ1v) is 13.1. The number of hydrogen-bond donors (Lipinski definition) is 0. The Morgan fingerprint density at radius 1 is 0.771 bits per heavy atom. The Labute approximate surface area is 208 Å². The van der Waals surface area contributed by atoms with E-state index in [1.54, 1.807) is 29.2 Å². The molecule has 0 spiro atoms. The molecule has 0 aliphatic carbocycles. The van der Waals surface area contributed by atoms with Crippen molar-refractivity contribution >= 4 is 21.8 Å². The molecule has 0 radical (unpaired) electrons. The van der Waals surface area contributed by atoms with Gasteiger partial charge in [0.05, 0.1) is 11.7 Å². The Hall–Kier alpha value is -3.20. The lowest BCUT2D eigenvalue weighted by Crippen LogP contribution is -2.53.